The number of nitrogens with zero attached hydrogens (tertiary/aromatic N) is 2. The molecule has 0 unspecified atom stereocenters. The van der Waals surface area contributed by atoms with E-state index in [0.717, 1.165) is 22.3 Å². The van der Waals surface area contributed by atoms with E-state index in [1.165, 1.54) is 0 Å². The highest BCUT2D eigenvalue weighted by Crippen LogP contribution is 2.25. The average molecular weight is 258 g/mol. The van der Waals surface area contributed by atoms with Crippen LogP contribution in [0.1, 0.15) is 5.56 Å². The standard InChI is InChI=1S/C14H12ClN3/c15-11-7-10(8-16)5-6-13(11)18-9-17-12-3-1-2-4-14(12)18/h1-7,9H,8,16H2. The van der Waals surface area contributed by atoms with Crippen LogP contribution in [0.3, 0.4) is 0 Å². The molecule has 0 saturated heterocycles. The molecule has 0 fully saturated rings. The van der Waals surface area contributed by atoms with Gasteiger partial charge in [-0.25, -0.2) is 4.98 Å². The molecule has 4 heteroatoms. The fourth-order valence-electron chi connectivity index (χ4n) is 2.02. The maximum Gasteiger partial charge on any atom is 0.100 e. The van der Waals surface area contributed by atoms with Crippen LogP contribution < -0.4 is 5.73 Å². The first-order chi connectivity index (χ1) is 8.79. The van der Waals surface area contributed by atoms with E-state index in [-0.39, 0.29) is 0 Å². The van der Waals surface area contributed by atoms with E-state index in [9.17, 15) is 0 Å². The number of nitrogens with two attached hydrogens (primary N) is 1. The van der Waals surface area contributed by atoms with Gasteiger partial charge in [-0.3, -0.25) is 4.57 Å². The monoisotopic (exact) mass is 257 g/mol. The topological polar surface area (TPSA) is 43.8 Å². The van der Waals surface area contributed by atoms with Crippen molar-refractivity contribution in [3.63, 3.8) is 0 Å². The van der Waals surface area contributed by atoms with Gasteiger partial charge in [-0.1, -0.05) is 29.8 Å². The molecule has 3 aromatic rings. The Labute approximate surface area is 110 Å². The van der Waals surface area contributed by atoms with Crippen molar-refractivity contribution >= 4 is 22.6 Å². The van der Waals surface area contributed by atoms with Crippen molar-refractivity contribution in [2.45, 2.75) is 6.54 Å². The first-order valence-corrected chi connectivity index (χ1v) is 6.08. The molecule has 0 aliphatic heterocycles. The molecule has 2 N–H and O–H groups in total. The third kappa shape index (κ3) is 1.78. The van der Waals surface area contributed by atoms with Crippen molar-refractivity contribution in [3.8, 4) is 5.69 Å². The van der Waals surface area contributed by atoms with Gasteiger partial charge < -0.3 is 5.73 Å². The lowest BCUT2D eigenvalue weighted by Crippen LogP contribution is -1.98. The van der Waals surface area contributed by atoms with Crippen LogP contribution in [0.15, 0.2) is 48.8 Å². The summed E-state index contributed by atoms with van der Waals surface area (Å²) in [5, 5.41) is 0.682. The molecule has 3 rings (SSSR count). The summed E-state index contributed by atoms with van der Waals surface area (Å²) < 4.78 is 1.98. The first-order valence-electron chi connectivity index (χ1n) is 5.70. The van der Waals surface area contributed by atoms with Crippen molar-refractivity contribution in [2.24, 2.45) is 5.73 Å². The van der Waals surface area contributed by atoms with Crippen molar-refractivity contribution < 1.29 is 0 Å². The Morgan fingerprint density at radius 3 is 2.78 bits per heavy atom. The predicted octanol–water partition coefficient (Wildman–Crippen LogP) is 3.14. The molecule has 0 aliphatic rings. The van der Waals surface area contributed by atoms with E-state index in [1.54, 1.807) is 6.33 Å². The van der Waals surface area contributed by atoms with E-state index in [4.69, 9.17) is 17.3 Å². The molecule has 0 bridgehead atoms. The highest BCUT2D eigenvalue weighted by Gasteiger charge is 2.07. The molecule has 0 saturated carbocycles. The van der Waals surface area contributed by atoms with Crippen LogP contribution in [0.25, 0.3) is 16.7 Å². The molecular weight excluding hydrogens is 246 g/mol. The maximum absolute atomic E-state index is 6.30. The summed E-state index contributed by atoms with van der Waals surface area (Å²) >= 11 is 6.30. The van der Waals surface area contributed by atoms with Gasteiger partial charge in [0.15, 0.2) is 0 Å². The van der Waals surface area contributed by atoms with Crippen molar-refractivity contribution in [2.75, 3.05) is 0 Å². The quantitative estimate of drug-likeness (QED) is 0.767. The molecule has 3 nitrogen and oxygen atoms in total. The van der Waals surface area contributed by atoms with E-state index in [0.29, 0.717) is 11.6 Å². The van der Waals surface area contributed by atoms with Crippen LogP contribution >= 0.6 is 11.6 Å². The van der Waals surface area contributed by atoms with Crippen LogP contribution in [-0.2, 0) is 6.54 Å². The van der Waals surface area contributed by atoms with Gasteiger partial charge in [0.05, 0.1) is 21.7 Å². The van der Waals surface area contributed by atoms with Crippen LogP contribution in [0.5, 0.6) is 0 Å². The van der Waals surface area contributed by atoms with Crippen LogP contribution in [0.4, 0.5) is 0 Å². The molecular formula is C14H12ClN3. The van der Waals surface area contributed by atoms with Gasteiger partial charge >= 0.3 is 0 Å². The average Bonchev–Trinajstić information content (AvgIpc) is 2.82. The summed E-state index contributed by atoms with van der Waals surface area (Å²) in [6, 6.07) is 13.8. The van der Waals surface area contributed by atoms with Gasteiger partial charge in [0.1, 0.15) is 6.33 Å². The van der Waals surface area contributed by atoms with Crippen molar-refractivity contribution in [3.05, 3.63) is 59.4 Å². The Morgan fingerprint density at radius 2 is 2.00 bits per heavy atom. The highest BCUT2D eigenvalue weighted by molar-refractivity contribution is 6.32. The summed E-state index contributed by atoms with van der Waals surface area (Å²) in [6.45, 7) is 0.491. The number of hydrogen-bond donors (Lipinski definition) is 1. The second-order valence-corrected chi connectivity index (χ2v) is 4.50. The van der Waals surface area contributed by atoms with Gasteiger partial charge in [0.2, 0.25) is 0 Å². The summed E-state index contributed by atoms with van der Waals surface area (Å²) in [5.74, 6) is 0. The molecule has 1 aromatic heterocycles. The second-order valence-electron chi connectivity index (χ2n) is 4.09. The van der Waals surface area contributed by atoms with Crippen LogP contribution in [-0.4, -0.2) is 9.55 Å². The summed E-state index contributed by atoms with van der Waals surface area (Å²) in [5.41, 5.74) is 9.54. The molecule has 0 radical (unpaired) electrons. The van der Waals surface area contributed by atoms with Gasteiger partial charge in [0, 0.05) is 6.54 Å². The Bertz CT molecular complexity index is 703. The Hall–Kier alpha value is -1.84. The number of fused-ring (bicyclic) bond motifs is 1. The molecule has 90 valence electrons. The van der Waals surface area contributed by atoms with Crippen LogP contribution in [0.2, 0.25) is 5.02 Å². The van der Waals surface area contributed by atoms with Crippen LogP contribution in [0, 0.1) is 0 Å². The summed E-state index contributed by atoms with van der Waals surface area (Å²) in [4.78, 5) is 4.36. The number of benzene rings is 2. The third-order valence-corrected chi connectivity index (χ3v) is 3.26. The smallest absolute Gasteiger partial charge is 0.100 e. The number of imidazole rings is 1. The van der Waals surface area contributed by atoms with Crippen molar-refractivity contribution in [1.82, 2.24) is 9.55 Å². The zero-order chi connectivity index (χ0) is 12.5. The van der Waals surface area contributed by atoms with E-state index in [2.05, 4.69) is 4.98 Å². The fraction of sp³-hybridized carbons (Fsp3) is 0.0714. The number of aromatic nitrogens is 2. The molecule has 0 aliphatic carbocycles. The molecule has 0 atom stereocenters. The molecule has 18 heavy (non-hydrogen) atoms. The minimum absolute atomic E-state index is 0.491. The Balaban J connectivity index is 2.20. The lowest BCUT2D eigenvalue weighted by molar-refractivity contribution is 1.05. The highest BCUT2D eigenvalue weighted by atomic mass is 35.5. The van der Waals surface area contributed by atoms with Crippen molar-refractivity contribution in [1.29, 1.82) is 0 Å². The minimum Gasteiger partial charge on any atom is -0.326 e. The molecule has 1 heterocycles. The van der Waals surface area contributed by atoms with Gasteiger partial charge in [-0.2, -0.15) is 0 Å². The Kier molecular flexibility index (Phi) is 2.78. The fourth-order valence-corrected chi connectivity index (χ4v) is 2.32. The number of hydrogen-bond acceptors (Lipinski definition) is 2. The summed E-state index contributed by atoms with van der Waals surface area (Å²) in [7, 11) is 0. The normalized spacial score (nSPS) is 11.0. The zero-order valence-electron chi connectivity index (χ0n) is 9.68. The SMILES string of the molecule is NCc1ccc(-n2cnc3ccccc32)c(Cl)c1. The van der Waals surface area contributed by atoms with E-state index in [1.807, 2.05) is 47.0 Å². The van der Waals surface area contributed by atoms with Gasteiger partial charge in [0.25, 0.3) is 0 Å². The zero-order valence-corrected chi connectivity index (χ0v) is 10.4. The predicted molar refractivity (Wildman–Crippen MR) is 74.0 cm³/mol. The lowest BCUT2D eigenvalue weighted by atomic mass is 10.2. The molecule has 0 amide bonds. The lowest BCUT2D eigenvalue weighted by Gasteiger charge is -2.08. The largest absolute Gasteiger partial charge is 0.326 e. The number of halogens is 1. The first kappa shape index (κ1) is 11.3. The Morgan fingerprint density at radius 1 is 1.17 bits per heavy atom. The van der Waals surface area contributed by atoms with E-state index >= 15 is 0 Å². The maximum atomic E-state index is 6.30. The number of rotatable bonds is 2. The van der Waals surface area contributed by atoms with E-state index < -0.39 is 0 Å². The number of para-hydroxylation sites is 2. The minimum atomic E-state index is 0.491. The summed E-state index contributed by atoms with van der Waals surface area (Å²) in [6.07, 6.45) is 1.79. The second kappa shape index (κ2) is 4.44. The molecule has 2 aromatic carbocycles. The van der Waals surface area contributed by atoms with Gasteiger partial charge in [-0.15, -0.1) is 0 Å². The third-order valence-electron chi connectivity index (χ3n) is 2.96. The molecule has 0 spiro atoms. The van der Waals surface area contributed by atoms with Gasteiger partial charge in [-0.05, 0) is 29.8 Å².